The molecule has 0 spiro atoms. The topological polar surface area (TPSA) is 85.2 Å². The van der Waals surface area contributed by atoms with Crippen molar-refractivity contribution < 1.29 is 13.9 Å². The van der Waals surface area contributed by atoms with Gasteiger partial charge in [0.1, 0.15) is 11.6 Å². The number of ether oxygens (including phenoxy) is 1. The normalized spacial score (nSPS) is 18.8. The molecular weight excluding hydrogens is 387 g/mol. The van der Waals surface area contributed by atoms with Crippen LogP contribution in [0.3, 0.4) is 0 Å². The largest absolute Gasteiger partial charge is 0.378 e. The third-order valence-corrected chi connectivity index (χ3v) is 5.57. The van der Waals surface area contributed by atoms with Crippen molar-refractivity contribution in [2.45, 2.75) is 19.3 Å². The van der Waals surface area contributed by atoms with Crippen molar-refractivity contribution >= 4 is 17.5 Å². The summed E-state index contributed by atoms with van der Waals surface area (Å²) >= 11 is 0. The van der Waals surface area contributed by atoms with Crippen molar-refractivity contribution in [2.75, 3.05) is 36.5 Å². The molecule has 0 bridgehead atoms. The van der Waals surface area contributed by atoms with Crippen molar-refractivity contribution in [3.63, 3.8) is 0 Å². The van der Waals surface area contributed by atoms with E-state index in [9.17, 15) is 9.18 Å². The summed E-state index contributed by atoms with van der Waals surface area (Å²) < 4.78 is 21.4. The van der Waals surface area contributed by atoms with E-state index in [1.807, 2.05) is 19.1 Å². The van der Waals surface area contributed by atoms with E-state index < -0.39 is 5.92 Å². The molecule has 1 amide bonds. The van der Waals surface area contributed by atoms with Crippen LogP contribution in [-0.2, 0) is 9.53 Å². The van der Waals surface area contributed by atoms with Crippen LogP contribution in [0.5, 0.6) is 0 Å². The average Bonchev–Trinajstić information content (AvgIpc) is 3.10. The van der Waals surface area contributed by atoms with Gasteiger partial charge < -0.3 is 15.0 Å². The zero-order valence-electron chi connectivity index (χ0n) is 16.5. The van der Waals surface area contributed by atoms with Crippen LogP contribution in [0, 0.1) is 12.7 Å². The smallest absolute Gasteiger partial charge is 0.226 e. The summed E-state index contributed by atoms with van der Waals surface area (Å²) in [6, 6.07) is 10.3. The van der Waals surface area contributed by atoms with E-state index >= 15 is 0 Å². The van der Waals surface area contributed by atoms with Crippen LogP contribution in [-0.4, -0.2) is 52.2 Å². The first kappa shape index (κ1) is 18.7. The van der Waals surface area contributed by atoms with E-state index in [0.717, 1.165) is 30.2 Å². The van der Waals surface area contributed by atoms with Crippen molar-refractivity contribution in [2.24, 2.45) is 0 Å². The second kappa shape index (κ2) is 7.49. The Kier molecular flexibility index (Phi) is 4.66. The lowest BCUT2D eigenvalue weighted by atomic mass is 9.85. The fourth-order valence-corrected chi connectivity index (χ4v) is 4.13. The van der Waals surface area contributed by atoms with Crippen molar-refractivity contribution in [1.29, 1.82) is 0 Å². The number of anilines is 2. The van der Waals surface area contributed by atoms with Gasteiger partial charge in [-0.15, -0.1) is 10.2 Å². The predicted octanol–water partition coefficient (Wildman–Crippen LogP) is 2.42. The minimum Gasteiger partial charge on any atom is -0.378 e. The van der Waals surface area contributed by atoms with Crippen LogP contribution in [0.4, 0.5) is 16.0 Å². The highest BCUT2D eigenvalue weighted by Gasteiger charge is 2.34. The standard InChI is InChI=1S/C21H21FN6O2/c1-13-20-15(14-4-2-3-5-16(14)22)12-19(29)23-21(20)28(26-13)18-7-6-17(24-25-18)27-8-10-30-11-9-27/h2-7,15H,8-12H2,1H3,(H,23,29)/t15-/m0/s1. The van der Waals surface area contributed by atoms with E-state index in [1.165, 1.54) is 6.07 Å². The molecule has 0 unspecified atom stereocenters. The predicted molar refractivity (Wildman–Crippen MR) is 108 cm³/mol. The summed E-state index contributed by atoms with van der Waals surface area (Å²) in [6.45, 7) is 4.73. The lowest BCUT2D eigenvalue weighted by molar-refractivity contribution is -0.116. The molecule has 2 aliphatic rings. The fourth-order valence-electron chi connectivity index (χ4n) is 4.13. The monoisotopic (exact) mass is 408 g/mol. The van der Waals surface area contributed by atoms with Gasteiger partial charge in [0, 0.05) is 31.0 Å². The molecule has 0 saturated carbocycles. The van der Waals surface area contributed by atoms with Gasteiger partial charge in [-0.25, -0.2) is 4.39 Å². The maximum absolute atomic E-state index is 14.5. The molecule has 0 radical (unpaired) electrons. The molecule has 2 aromatic heterocycles. The first-order chi connectivity index (χ1) is 14.6. The van der Waals surface area contributed by atoms with E-state index in [-0.39, 0.29) is 18.1 Å². The molecule has 9 heteroatoms. The second-order valence-electron chi connectivity index (χ2n) is 7.44. The van der Waals surface area contributed by atoms with Crippen molar-refractivity contribution in [3.8, 4) is 5.82 Å². The van der Waals surface area contributed by atoms with Gasteiger partial charge >= 0.3 is 0 Å². The van der Waals surface area contributed by atoms with Crippen LogP contribution in [0.15, 0.2) is 36.4 Å². The Morgan fingerprint density at radius 3 is 2.57 bits per heavy atom. The number of hydrogen-bond acceptors (Lipinski definition) is 6. The number of aryl methyl sites for hydroxylation is 1. The van der Waals surface area contributed by atoms with Crippen LogP contribution in [0.2, 0.25) is 0 Å². The van der Waals surface area contributed by atoms with Gasteiger partial charge in [0.15, 0.2) is 11.6 Å². The highest BCUT2D eigenvalue weighted by Crippen LogP contribution is 2.40. The maximum atomic E-state index is 14.5. The van der Waals surface area contributed by atoms with Gasteiger partial charge in [0.2, 0.25) is 5.91 Å². The summed E-state index contributed by atoms with van der Waals surface area (Å²) in [5, 5.41) is 16.1. The Morgan fingerprint density at radius 2 is 1.83 bits per heavy atom. The van der Waals surface area contributed by atoms with Gasteiger partial charge in [0.05, 0.1) is 18.9 Å². The Hall–Kier alpha value is -3.33. The molecule has 8 nitrogen and oxygen atoms in total. The third kappa shape index (κ3) is 3.21. The minimum atomic E-state index is -0.399. The molecule has 4 heterocycles. The van der Waals surface area contributed by atoms with E-state index in [4.69, 9.17) is 4.74 Å². The summed E-state index contributed by atoms with van der Waals surface area (Å²) in [5.41, 5.74) is 2.01. The molecule has 1 atom stereocenters. The number of nitrogens with zero attached hydrogens (tertiary/aromatic N) is 5. The molecule has 1 saturated heterocycles. The van der Waals surface area contributed by atoms with Crippen LogP contribution < -0.4 is 10.2 Å². The summed E-state index contributed by atoms with van der Waals surface area (Å²) in [5.74, 6) is 0.869. The first-order valence-electron chi connectivity index (χ1n) is 9.92. The summed E-state index contributed by atoms with van der Waals surface area (Å²) in [6.07, 6.45) is 0.169. The number of carbonyl (C=O) groups excluding carboxylic acids is 1. The quantitative estimate of drug-likeness (QED) is 0.717. The summed E-state index contributed by atoms with van der Waals surface area (Å²) in [4.78, 5) is 14.6. The number of carbonyl (C=O) groups is 1. The van der Waals surface area contributed by atoms with Crippen molar-refractivity contribution in [1.82, 2.24) is 20.0 Å². The van der Waals surface area contributed by atoms with E-state index in [0.29, 0.717) is 30.4 Å². The molecule has 154 valence electrons. The van der Waals surface area contributed by atoms with Crippen LogP contribution in [0.1, 0.15) is 29.2 Å². The average molecular weight is 408 g/mol. The van der Waals surface area contributed by atoms with E-state index in [2.05, 4.69) is 25.5 Å². The number of benzene rings is 1. The molecule has 0 aliphatic carbocycles. The van der Waals surface area contributed by atoms with Gasteiger partial charge in [0.25, 0.3) is 0 Å². The fraction of sp³-hybridized carbons (Fsp3) is 0.333. The number of rotatable bonds is 3. The number of nitrogens with one attached hydrogen (secondary N) is 1. The minimum absolute atomic E-state index is 0.169. The number of halogens is 1. The van der Waals surface area contributed by atoms with Crippen LogP contribution >= 0.6 is 0 Å². The maximum Gasteiger partial charge on any atom is 0.226 e. The molecule has 1 N–H and O–H groups in total. The molecule has 3 aromatic rings. The molecule has 1 aromatic carbocycles. The Morgan fingerprint density at radius 1 is 1.10 bits per heavy atom. The molecule has 5 rings (SSSR count). The molecule has 2 aliphatic heterocycles. The van der Waals surface area contributed by atoms with Gasteiger partial charge in [-0.3, -0.25) is 4.79 Å². The lowest BCUT2D eigenvalue weighted by Crippen LogP contribution is -2.36. The number of hydrogen-bond donors (Lipinski definition) is 1. The second-order valence-corrected chi connectivity index (χ2v) is 7.44. The SMILES string of the molecule is Cc1nn(-c2ccc(N3CCOCC3)nn2)c2c1[C@H](c1ccccc1F)CC(=O)N2. The number of aromatic nitrogens is 4. The highest BCUT2D eigenvalue weighted by atomic mass is 19.1. The number of amides is 1. The number of fused-ring (bicyclic) bond motifs is 1. The Bertz CT molecular complexity index is 1090. The molecule has 30 heavy (non-hydrogen) atoms. The van der Waals surface area contributed by atoms with Crippen LogP contribution in [0.25, 0.3) is 5.82 Å². The highest BCUT2D eigenvalue weighted by molar-refractivity contribution is 5.95. The number of morpholine rings is 1. The first-order valence-corrected chi connectivity index (χ1v) is 9.92. The van der Waals surface area contributed by atoms with E-state index in [1.54, 1.807) is 22.9 Å². The van der Waals surface area contributed by atoms with Gasteiger partial charge in [-0.1, -0.05) is 18.2 Å². The zero-order valence-corrected chi connectivity index (χ0v) is 16.5. The summed E-state index contributed by atoms with van der Waals surface area (Å²) in [7, 11) is 0. The van der Waals surface area contributed by atoms with Gasteiger partial charge in [-0.05, 0) is 30.7 Å². The third-order valence-electron chi connectivity index (χ3n) is 5.57. The molecule has 1 fully saturated rings. The Balaban J connectivity index is 1.53. The lowest BCUT2D eigenvalue weighted by Gasteiger charge is -2.27. The Labute approximate surface area is 172 Å². The zero-order chi connectivity index (χ0) is 20.7. The van der Waals surface area contributed by atoms with Crippen molar-refractivity contribution in [3.05, 3.63) is 59.0 Å². The molecular formula is C21H21FN6O2. The van der Waals surface area contributed by atoms with Gasteiger partial charge in [-0.2, -0.15) is 9.78 Å².